The lowest BCUT2D eigenvalue weighted by Gasteiger charge is -2.22. The number of esters is 1. The van der Waals surface area contributed by atoms with E-state index in [1.807, 2.05) is 0 Å². The molecule has 0 radical (unpaired) electrons. The molecule has 4 heteroatoms. The fourth-order valence-corrected chi connectivity index (χ4v) is 1.46. The Labute approximate surface area is 83.2 Å². The van der Waals surface area contributed by atoms with E-state index in [-0.39, 0.29) is 5.92 Å². The first kappa shape index (κ1) is 11.0. The van der Waals surface area contributed by atoms with E-state index in [2.05, 4.69) is 0 Å². The fourth-order valence-electron chi connectivity index (χ4n) is 1.46. The van der Waals surface area contributed by atoms with Gasteiger partial charge in [0.2, 0.25) is 0 Å². The van der Waals surface area contributed by atoms with Gasteiger partial charge in [-0.3, -0.25) is 9.59 Å². The van der Waals surface area contributed by atoms with Gasteiger partial charge >= 0.3 is 11.9 Å². The van der Waals surface area contributed by atoms with E-state index in [1.54, 1.807) is 27.7 Å². The molecule has 0 heterocycles. The van der Waals surface area contributed by atoms with Gasteiger partial charge in [0.25, 0.3) is 0 Å². The van der Waals surface area contributed by atoms with Gasteiger partial charge in [-0.2, -0.15) is 0 Å². The second-order valence-corrected chi connectivity index (χ2v) is 4.88. The van der Waals surface area contributed by atoms with Gasteiger partial charge in [0.1, 0.15) is 5.60 Å². The Balaban J connectivity index is 2.75. The third kappa shape index (κ3) is 1.74. The van der Waals surface area contributed by atoms with E-state index in [0.717, 1.165) is 0 Å². The molecule has 80 valence electrons. The molecule has 1 N–H and O–H groups in total. The quantitative estimate of drug-likeness (QED) is 0.541. The molecule has 2 atom stereocenters. The van der Waals surface area contributed by atoms with Crippen LogP contribution >= 0.6 is 0 Å². The van der Waals surface area contributed by atoms with Crippen LogP contribution in [0.4, 0.5) is 0 Å². The van der Waals surface area contributed by atoms with Crippen molar-refractivity contribution in [1.82, 2.24) is 0 Å². The monoisotopic (exact) mass is 200 g/mol. The van der Waals surface area contributed by atoms with E-state index >= 15 is 0 Å². The Bertz CT molecular complexity index is 276. The molecule has 1 saturated carbocycles. The van der Waals surface area contributed by atoms with Gasteiger partial charge in [-0.15, -0.1) is 0 Å². The minimum atomic E-state index is -1.27. The molecule has 1 fully saturated rings. The largest absolute Gasteiger partial charge is 0.480 e. The summed E-state index contributed by atoms with van der Waals surface area (Å²) < 4.78 is 5.08. The summed E-state index contributed by atoms with van der Waals surface area (Å²) in [5.74, 6) is -1.79. The highest BCUT2D eigenvalue weighted by molar-refractivity contribution is 6.03. The Kier molecular flexibility index (Phi) is 2.34. The third-order valence-electron chi connectivity index (χ3n) is 2.45. The van der Waals surface area contributed by atoms with E-state index < -0.39 is 23.0 Å². The second-order valence-electron chi connectivity index (χ2n) is 4.88. The standard InChI is InChI=1S/C10H16O4/c1-6-5-10(6,7(11)12)8(13)14-9(2,3)4/h6H,5H2,1-4H3,(H,11,12)/t6-,10+/m0/s1. The Morgan fingerprint density at radius 2 is 1.86 bits per heavy atom. The van der Waals surface area contributed by atoms with E-state index in [0.29, 0.717) is 6.42 Å². The molecule has 0 spiro atoms. The van der Waals surface area contributed by atoms with Crippen LogP contribution in [-0.2, 0) is 14.3 Å². The number of carboxylic acid groups (broad SMARTS) is 1. The van der Waals surface area contributed by atoms with E-state index in [1.165, 1.54) is 0 Å². The molecular weight excluding hydrogens is 184 g/mol. The van der Waals surface area contributed by atoms with Crippen LogP contribution in [-0.4, -0.2) is 22.6 Å². The predicted molar refractivity (Wildman–Crippen MR) is 49.7 cm³/mol. The summed E-state index contributed by atoms with van der Waals surface area (Å²) in [6.07, 6.45) is 0.386. The van der Waals surface area contributed by atoms with Crippen LogP contribution in [0.5, 0.6) is 0 Å². The highest BCUT2D eigenvalue weighted by Gasteiger charge is 2.65. The summed E-state index contributed by atoms with van der Waals surface area (Å²) in [7, 11) is 0. The second kappa shape index (κ2) is 2.97. The van der Waals surface area contributed by atoms with Gasteiger partial charge in [-0.25, -0.2) is 0 Å². The average molecular weight is 200 g/mol. The molecule has 0 aromatic rings. The molecule has 0 amide bonds. The van der Waals surface area contributed by atoms with Gasteiger partial charge in [-0.1, -0.05) is 6.92 Å². The Morgan fingerprint density at radius 3 is 2.07 bits per heavy atom. The molecule has 4 nitrogen and oxygen atoms in total. The van der Waals surface area contributed by atoms with Crippen molar-refractivity contribution < 1.29 is 19.4 Å². The lowest BCUT2D eigenvalue weighted by molar-refractivity contribution is -0.169. The molecule has 14 heavy (non-hydrogen) atoms. The summed E-state index contributed by atoms with van der Waals surface area (Å²) >= 11 is 0. The van der Waals surface area contributed by atoms with Crippen molar-refractivity contribution in [3.05, 3.63) is 0 Å². The summed E-state index contributed by atoms with van der Waals surface area (Å²) in [6.45, 7) is 6.94. The zero-order chi connectivity index (χ0) is 11.1. The maximum absolute atomic E-state index is 11.6. The topological polar surface area (TPSA) is 63.6 Å². The van der Waals surface area contributed by atoms with Crippen LogP contribution < -0.4 is 0 Å². The smallest absolute Gasteiger partial charge is 0.324 e. The molecule has 0 unspecified atom stereocenters. The highest BCUT2D eigenvalue weighted by atomic mass is 16.6. The number of carboxylic acids is 1. The van der Waals surface area contributed by atoms with Gasteiger partial charge in [0, 0.05) is 0 Å². The molecule has 1 aliphatic carbocycles. The molecule has 0 aromatic heterocycles. The molecule has 1 rings (SSSR count). The van der Waals surface area contributed by atoms with Gasteiger partial charge in [-0.05, 0) is 33.1 Å². The van der Waals surface area contributed by atoms with Crippen LogP contribution in [0.1, 0.15) is 34.1 Å². The minimum absolute atomic E-state index is 0.116. The number of hydrogen-bond acceptors (Lipinski definition) is 3. The summed E-state index contributed by atoms with van der Waals surface area (Å²) in [4.78, 5) is 22.5. The van der Waals surface area contributed by atoms with Gasteiger partial charge in [0.05, 0.1) is 0 Å². The summed E-state index contributed by atoms with van der Waals surface area (Å²) in [5.41, 5.74) is -1.89. The number of aliphatic carboxylic acids is 1. The Morgan fingerprint density at radius 1 is 1.43 bits per heavy atom. The van der Waals surface area contributed by atoms with Gasteiger partial charge < -0.3 is 9.84 Å². The lowest BCUT2D eigenvalue weighted by atomic mass is 10.0. The summed E-state index contributed by atoms with van der Waals surface area (Å²) in [5, 5.41) is 8.94. The first-order valence-electron chi connectivity index (χ1n) is 4.67. The van der Waals surface area contributed by atoms with Crippen molar-refractivity contribution in [2.24, 2.45) is 11.3 Å². The average Bonchev–Trinajstić information content (AvgIpc) is 2.58. The lowest BCUT2D eigenvalue weighted by Crippen LogP contribution is -2.35. The molecule has 0 aromatic carbocycles. The van der Waals surface area contributed by atoms with E-state index in [9.17, 15) is 9.59 Å². The SMILES string of the molecule is C[C@H]1C[C@@]1(C(=O)O)C(=O)OC(C)(C)C. The summed E-state index contributed by atoms with van der Waals surface area (Å²) in [6, 6.07) is 0. The van der Waals surface area contributed by atoms with Crippen LogP contribution in [0.3, 0.4) is 0 Å². The van der Waals surface area contributed by atoms with Crippen molar-refractivity contribution in [2.45, 2.75) is 39.7 Å². The number of carbonyl (C=O) groups excluding carboxylic acids is 1. The number of hydrogen-bond donors (Lipinski definition) is 1. The van der Waals surface area contributed by atoms with Crippen LogP contribution in [0.15, 0.2) is 0 Å². The zero-order valence-corrected chi connectivity index (χ0v) is 8.96. The highest BCUT2D eigenvalue weighted by Crippen LogP contribution is 2.53. The molecule has 1 aliphatic rings. The Hall–Kier alpha value is -1.06. The molecule has 0 bridgehead atoms. The van der Waals surface area contributed by atoms with Crippen molar-refractivity contribution in [2.75, 3.05) is 0 Å². The van der Waals surface area contributed by atoms with Gasteiger partial charge in [0.15, 0.2) is 5.41 Å². The maximum atomic E-state index is 11.6. The van der Waals surface area contributed by atoms with Crippen LogP contribution in [0.25, 0.3) is 0 Å². The number of ether oxygens (including phenoxy) is 1. The third-order valence-corrected chi connectivity index (χ3v) is 2.45. The molecule has 0 saturated heterocycles. The first-order valence-corrected chi connectivity index (χ1v) is 4.67. The van der Waals surface area contributed by atoms with Crippen molar-refractivity contribution in [3.63, 3.8) is 0 Å². The molecular formula is C10H16O4. The van der Waals surface area contributed by atoms with Crippen molar-refractivity contribution in [3.8, 4) is 0 Å². The fraction of sp³-hybridized carbons (Fsp3) is 0.800. The molecule has 0 aliphatic heterocycles. The normalized spacial score (nSPS) is 31.0. The maximum Gasteiger partial charge on any atom is 0.324 e. The predicted octanol–water partition coefficient (Wildman–Crippen LogP) is 1.44. The van der Waals surface area contributed by atoms with Crippen molar-refractivity contribution in [1.29, 1.82) is 0 Å². The zero-order valence-electron chi connectivity index (χ0n) is 8.96. The van der Waals surface area contributed by atoms with Crippen LogP contribution in [0.2, 0.25) is 0 Å². The van der Waals surface area contributed by atoms with E-state index in [4.69, 9.17) is 9.84 Å². The van der Waals surface area contributed by atoms with Crippen molar-refractivity contribution >= 4 is 11.9 Å². The number of carbonyl (C=O) groups is 2. The number of rotatable bonds is 2. The minimum Gasteiger partial charge on any atom is -0.480 e. The first-order chi connectivity index (χ1) is 6.20. The van der Waals surface area contributed by atoms with Crippen LogP contribution in [0, 0.1) is 11.3 Å².